The molecular formula is C15H14O4S. The van der Waals surface area contributed by atoms with Gasteiger partial charge in [-0.2, -0.15) is 0 Å². The molecule has 4 nitrogen and oxygen atoms in total. The van der Waals surface area contributed by atoms with Gasteiger partial charge in [0.25, 0.3) is 0 Å². The Kier molecular flexibility index (Phi) is 2.61. The molecule has 0 spiro atoms. The van der Waals surface area contributed by atoms with Gasteiger partial charge in [0.15, 0.2) is 0 Å². The topological polar surface area (TPSA) is 63.6 Å². The number of hydrogen-bond donors (Lipinski definition) is 1. The molecule has 104 valence electrons. The Morgan fingerprint density at radius 1 is 1.25 bits per heavy atom. The van der Waals surface area contributed by atoms with Crippen LogP contribution in [-0.2, 0) is 14.3 Å². The van der Waals surface area contributed by atoms with Crippen molar-refractivity contribution in [3.63, 3.8) is 0 Å². The summed E-state index contributed by atoms with van der Waals surface area (Å²) in [6, 6.07) is 9.92. The predicted molar refractivity (Wildman–Crippen MR) is 72.2 cm³/mol. The number of carboxylic acids is 1. The smallest absolute Gasteiger partial charge is 0.310 e. The number of carboxylic acid groups (broad SMARTS) is 1. The summed E-state index contributed by atoms with van der Waals surface area (Å²) < 4.78 is 5.48. The van der Waals surface area contributed by atoms with Gasteiger partial charge in [-0.15, -0.1) is 11.8 Å². The number of aliphatic carboxylic acids is 1. The van der Waals surface area contributed by atoms with Gasteiger partial charge in [0.05, 0.1) is 17.1 Å². The van der Waals surface area contributed by atoms with Gasteiger partial charge < -0.3 is 9.84 Å². The molecule has 2 bridgehead atoms. The summed E-state index contributed by atoms with van der Waals surface area (Å²) in [6.07, 6.45) is 0.709. The number of hydrogen-bond acceptors (Lipinski definition) is 4. The quantitative estimate of drug-likeness (QED) is 0.863. The van der Waals surface area contributed by atoms with Gasteiger partial charge in [-0.05, 0) is 24.5 Å². The highest BCUT2D eigenvalue weighted by Gasteiger charge is 2.68. The molecule has 3 fully saturated rings. The molecule has 1 aromatic carbocycles. The second-order valence-corrected chi connectivity index (χ2v) is 7.00. The third-order valence-corrected chi connectivity index (χ3v) is 6.28. The second kappa shape index (κ2) is 4.25. The Labute approximate surface area is 120 Å². The summed E-state index contributed by atoms with van der Waals surface area (Å²) in [5, 5.41) is 9.52. The molecule has 1 heterocycles. The summed E-state index contributed by atoms with van der Waals surface area (Å²) >= 11 is 1.66. The average Bonchev–Trinajstić information content (AvgIpc) is 3.03. The largest absolute Gasteiger partial charge is 0.481 e. The first-order valence-corrected chi connectivity index (χ1v) is 7.70. The third kappa shape index (κ3) is 1.56. The van der Waals surface area contributed by atoms with Gasteiger partial charge in [-0.3, -0.25) is 9.59 Å². The zero-order chi connectivity index (χ0) is 13.9. The molecule has 1 saturated heterocycles. The van der Waals surface area contributed by atoms with Crippen molar-refractivity contribution in [3.05, 3.63) is 30.3 Å². The van der Waals surface area contributed by atoms with Crippen LogP contribution in [0, 0.1) is 23.7 Å². The van der Waals surface area contributed by atoms with Crippen LogP contribution in [0.25, 0.3) is 0 Å². The highest BCUT2D eigenvalue weighted by Crippen LogP contribution is 2.61. The summed E-state index contributed by atoms with van der Waals surface area (Å²) in [5.41, 5.74) is 0. The van der Waals surface area contributed by atoms with Crippen molar-refractivity contribution in [1.82, 2.24) is 0 Å². The number of rotatable bonds is 3. The van der Waals surface area contributed by atoms with E-state index in [0.29, 0.717) is 0 Å². The highest BCUT2D eigenvalue weighted by molar-refractivity contribution is 8.00. The van der Waals surface area contributed by atoms with Gasteiger partial charge in [0.2, 0.25) is 0 Å². The predicted octanol–water partition coefficient (Wildman–Crippen LogP) is 2.04. The van der Waals surface area contributed by atoms with Crippen molar-refractivity contribution in [1.29, 1.82) is 0 Å². The zero-order valence-corrected chi connectivity index (χ0v) is 11.5. The van der Waals surface area contributed by atoms with Crippen molar-refractivity contribution < 1.29 is 19.4 Å². The fourth-order valence-electron chi connectivity index (χ4n) is 4.14. The van der Waals surface area contributed by atoms with Gasteiger partial charge in [0.1, 0.15) is 6.10 Å². The van der Waals surface area contributed by atoms with E-state index >= 15 is 0 Å². The van der Waals surface area contributed by atoms with Gasteiger partial charge >= 0.3 is 11.9 Å². The minimum Gasteiger partial charge on any atom is -0.481 e. The average molecular weight is 290 g/mol. The van der Waals surface area contributed by atoms with Crippen LogP contribution < -0.4 is 0 Å². The van der Waals surface area contributed by atoms with Crippen molar-refractivity contribution in [3.8, 4) is 0 Å². The molecule has 2 aliphatic carbocycles. The van der Waals surface area contributed by atoms with Gasteiger partial charge in [-0.1, -0.05) is 18.2 Å². The van der Waals surface area contributed by atoms with E-state index in [1.54, 1.807) is 11.8 Å². The van der Waals surface area contributed by atoms with E-state index in [1.165, 1.54) is 0 Å². The SMILES string of the molecule is O=C(O)[C@@H]1[C@H]2C[C@@H]3[C@@H](OC(=O)[C@@H]31)[C@H]2Sc1ccccc1. The fraction of sp³-hybridized carbons (Fsp3) is 0.467. The Bertz CT molecular complexity index is 572. The molecule has 2 saturated carbocycles. The van der Waals surface area contributed by atoms with E-state index in [9.17, 15) is 14.7 Å². The molecule has 0 amide bonds. The molecule has 3 aliphatic rings. The summed E-state index contributed by atoms with van der Waals surface area (Å²) in [7, 11) is 0. The Morgan fingerprint density at radius 3 is 2.70 bits per heavy atom. The first-order chi connectivity index (χ1) is 9.66. The second-order valence-electron chi connectivity index (χ2n) is 5.75. The molecule has 5 heteroatoms. The minimum absolute atomic E-state index is 0.0455. The van der Waals surface area contributed by atoms with Gasteiger partial charge in [-0.25, -0.2) is 0 Å². The van der Waals surface area contributed by atoms with Crippen LogP contribution >= 0.6 is 11.8 Å². The van der Waals surface area contributed by atoms with Crippen molar-refractivity contribution in [2.24, 2.45) is 23.7 Å². The standard InChI is InChI=1S/C15H14O4S/c16-14(17)10-9-6-8-11(10)15(18)19-12(8)13(9)20-7-4-2-1-3-5-7/h1-5,8-13H,6H2,(H,16,17)/t8-,9+,10+,11-,12+,13-/m0/s1. The molecule has 0 aromatic heterocycles. The Morgan fingerprint density at radius 2 is 2.00 bits per heavy atom. The van der Waals surface area contributed by atoms with Crippen molar-refractivity contribution in [2.75, 3.05) is 0 Å². The van der Waals surface area contributed by atoms with Crippen LogP contribution in [0.4, 0.5) is 0 Å². The van der Waals surface area contributed by atoms with Crippen LogP contribution in [0.15, 0.2) is 35.2 Å². The highest BCUT2D eigenvalue weighted by atomic mass is 32.2. The van der Waals surface area contributed by atoms with Crippen LogP contribution in [0.2, 0.25) is 0 Å². The lowest BCUT2D eigenvalue weighted by atomic mass is 9.80. The normalized spacial score (nSPS) is 40.9. The van der Waals surface area contributed by atoms with Crippen LogP contribution in [0.5, 0.6) is 0 Å². The number of carbonyl (C=O) groups is 2. The molecule has 1 aliphatic heterocycles. The van der Waals surface area contributed by atoms with E-state index in [1.807, 2.05) is 30.3 Å². The lowest BCUT2D eigenvalue weighted by Crippen LogP contribution is -2.39. The summed E-state index contributed by atoms with van der Waals surface area (Å²) in [4.78, 5) is 24.5. The molecule has 4 rings (SSSR count). The summed E-state index contributed by atoms with van der Waals surface area (Å²) in [5.74, 6) is -1.97. The lowest BCUT2D eigenvalue weighted by molar-refractivity contribution is -0.151. The number of carbonyl (C=O) groups excluding carboxylic acids is 1. The molecular weight excluding hydrogens is 276 g/mol. The maximum absolute atomic E-state index is 11.9. The first kappa shape index (κ1) is 12.3. The van der Waals surface area contributed by atoms with Crippen molar-refractivity contribution >= 4 is 23.7 Å². The van der Waals surface area contributed by atoms with Gasteiger partial charge in [0, 0.05) is 10.8 Å². The number of esters is 1. The van der Waals surface area contributed by atoms with Crippen LogP contribution in [0.3, 0.4) is 0 Å². The van der Waals surface area contributed by atoms with Crippen LogP contribution in [-0.4, -0.2) is 28.4 Å². The molecule has 0 radical (unpaired) electrons. The van der Waals surface area contributed by atoms with Crippen molar-refractivity contribution in [2.45, 2.75) is 22.7 Å². The maximum Gasteiger partial charge on any atom is 0.310 e. The number of ether oxygens (including phenoxy) is 1. The zero-order valence-electron chi connectivity index (χ0n) is 10.6. The molecule has 1 aromatic rings. The minimum atomic E-state index is -0.849. The number of fused-ring (bicyclic) bond motifs is 1. The van der Waals surface area contributed by atoms with E-state index in [2.05, 4.69) is 0 Å². The van der Waals surface area contributed by atoms with E-state index in [4.69, 9.17) is 4.74 Å². The maximum atomic E-state index is 11.9. The van der Waals surface area contributed by atoms with E-state index < -0.39 is 17.8 Å². The van der Waals surface area contributed by atoms with E-state index in [-0.39, 0.29) is 29.2 Å². The molecule has 6 atom stereocenters. The first-order valence-electron chi connectivity index (χ1n) is 6.82. The Balaban J connectivity index is 1.66. The molecule has 1 N–H and O–H groups in total. The Hall–Kier alpha value is -1.49. The molecule has 0 unspecified atom stereocenters. The number of thioether (sulfide) groups is 1. The fourth-order valence-corrected chi connectivity index (χ4v) is 5.62. The molecule has 20 heavy (non-hydrogen) atoms. The summed E-state index contributed by atoms with van der Waals surface area (Å²) in [6.45, 7) is 0. The van der Waals surface area contributed by atoms with Crippen LogP contribution in [0.1, 0.15) is 6.42 Å². The lowest BCUT2D eigenvalue weighted by Gasteiger charge is -2.29. The number of benzene rings is 1. The monoisotopic (exact) mass is 290 g/mol. The third-order valence-electron chi connectivity index (χ3n) is 4.85. The van der Waals surface area contributed by atoms with E-state index in [0.717, 1.165) is 11.3 Å².